The van der Waals surface area contributed by atoms with Crippen molar-refractivity contribution in [2.75, 3.05) is 26.0 Å². The number of ether oxygens (including phenoxy) is 1. The van der Waals surface area contributed by atoms with Crippen LogP contribution >= 0.6 is 0 Å². The van der Waals surface area contributed by atoms with E-state index in [-0.39, 0.29) is 18.6 Å². The van der Waals surface area contributed by atoms with Crippen LogP contribution in [0.25, 0.3) is 0 Å². The van der Waals surface area contributed by atoms with Gasteiger partial charge < -0.3 is 20.5 Å². The van der Waals surface area contributed by atoms with Crippen LogP contribution in [0.4, 0.5) is 5.69 Å². The summed E-state index contributed by atoms with van der Waals surface area (Å²) in [7, 11) is 1.51. The van der Waals surface area contributed by atoms with Crippen LogP contribution in [0.1, 0.15) is 23.2 Å². The normalized spacial score (nSPS) is 19.0. The Morgan fingerprint density at radius 2 is 2.39 bits per heavy atom. The summed E-state index contributed by atoms with van der Waals surface area (Å²) in [5, 5.41) is 9.26. The van der Waals surface area contributed by atoms with Gasteiger partial charge in [-0.25, -0.2) is 0 Å². The van der Waals surface area contributed by atoms with E-state index in [2.05, 4.69) is 0 Å². The first-order valence-corrected chi connectivity index (χ1v) is 6.02. The second-order valence-electron chi connectivity index (χ2n) is 4.44. The molecule has 1 atom stereocenters. The summed E-state index contributed by atoms with van der Waals surface area (Å²) in [6.07, 6.45) is 1.77. The van der Waals surface area contributed by atoms with Gasteiger partial charge in [0.05, 0.1) is 25.3 Å². The van der Waals surface area contributed by atoms with E-state index in [1.54, 1.807) is 23.1 Å². The highest BCUT2D eigenvalue weighted by Crippen LogP contribution is 2.26. The van der Waals surface area contributed by atoms with E-state index in [1.165, 1.54) is 7.11 Å². The van der Waals surface area contributed by atoms with Gasteiger partial charge in [-0.2, -0.15) is 0 Å². The van der Waals surface area contributed by atoms with Crippen LogP contribution in [-0.4, -0.2) is 42.2 Å². The first-order valence-electron chi connectivity index (χ1n) is 6.02. The molecule has 0 aromatic heterocycles. The lowest BCUT2D eigenvalue weighted by atomic mass is 10.1. The quantitative estimate of drug-likeness (QED) is 0.781. The number of carbonyl (C=O) groups is 1. The number of benzene rings is 1. The number of amides is 1. The van der Waals surface area contributed by atoms with Gasteiger partial charge in [-0.3, -0.25) is 4.79 Å². The maximum Gasteiger partial charge on any atom is 0.257 e. The number of nitrogens with zero attached hydrogens (tertiary/aromatic N) is 1. The number of nitrogen functional groups attached to an aromatic ring is 1. The molecule has 0 spiro atoms. The summed E-state index contributed by atoms with van der Waals surface area (Å²) >= 11 is 0. The van der Waals surface area contributed by atoms with Crippen LogP contribution in [0.15, 0.2) is 18.2 Å². The smallest absolute Gasteiger partial charge is 0.257 e. The lowest BCUT2D eigenvalue weighted by Crippen LogP contribution is -2.37. The summed E-state index contributed by atoms with van der Waals surface area (Å²) < 4.78 is 5.19. The molecule has 5 nitrogen and oxygen atoms in total. The molecule has 1 heterocycles. The molecule has 1 aliphatic heterocycles. The molecular formula is C13H18N2O3. The minimum atomic E-state index is -0.108. The van der Waals surface area contributed by atoms with Crippen LogP contribution in [0.5, 0.6) is 5.75 Å². The molecule has 2 rings (SSSR count). The minimum absolute atomic E-state index is 0.00300. The second-order valence-corrected chi connectivity index (χ2v) is 4.44. The number of carbonyl (C=O) groups excluding carboxylic acids is 1. The zero-order chi connectivity index (χ0) is 13.1. The number of nitrogens with two attached hydrogens (primary N) is 1. The molecule has 1 fully saturated rings. The van der Waals surface area contributed by atoms with Crippen molar-refractivity contribution in [3.05, 3.63) is 23.8 Å². The van der Waals surface area contributed by atoms with Crippen molar-refractivity contribution >= 4 is 11.6 Å². The monoisotopic (exact) mass is 250 g/mol. The summed E-state index contributed by atoms with van der Waals surface area (Å²) in [6.45, 7) is 0.681. The average Bonchev–Trinajstić information content (AvgIpc) is 2.86. The molecule has 0 aliphatic carbocycles. The number of likely N-dealkylation sites (tertiary alicyclic amines) is 1. The number of aliphatic hydroxyl groups is 1. The number of hydrogen-bond donors (Lipinski definition) is 2. The number of hydrogen-bond acceptors (Lipinski definition) is 4. The molecule has 18 heavy (non-hydrogen) atoms. The van der Waals surface area contributed by atoms with Crippen molar-refractivity contribution in [1.82, 2.24) is 4.90 Å². The van der Waals surface area contributed by atoms with Gasteiger partial charge in [0.25, 0.3) is 5.91 Å². The Labute approximate surface area is 106 Å². The molecule has 3 N–H and O–H groups in total. The van der Waals surface area contributed by atoms with Gasteiger partial charge in [0.15, 0.2) is 0 Å². The number of aliphatic hydroxyl groups excluding tert-OH is 1. The summed E-state index contributed by atoms with van der Waals surface area (Å²) in [4.78, 5) is 14.1. The standard InChI is InChI=1S/C13H18N2O3/c1-18-12-7-9(14)4-5-11(12)13(17)15-6-2-3-10(15)8-16/h4-5,7,10,16H,2-3,6,8,14H2,1H3. The Morgan fingerprint density at radius 3 is 3.06 bits per heavy atom. The van der Waals surface area contributed by atoms with E-state index in [0.29, 0.717) is 23.5 Å². The molecule has 1 unspecified atom stereocenters. The molecule has 1 aliphatic rings. The SMILES string of the molecule is COc1cc(N)ccc1C(=O)N1CCCC1CO. The maximum absolute atomic E-state index is 12.4. The second kappa shape index (κ2) is 5.27. The third-order valence-electron chi connectivity index (χ3n) is 3.30. The van der Waals surface area contributed by atoms with E-state index >= 15 is 0 Å². The largest absolute Gasteiger partial charge is 0.496 e. The molecular weight excluding hydrogens is 232 g/mol. The predicted octanol–water partition coefficient (Wildman–Crippen LogP) is 0.874. The van der Waals surface area contributed by atoms with Gasteiger partial charge in [-0.15, -0.1) is 0 Å². The van der Waals surface area contributed by atoms with Crippen molar-refractivity contribution in [2.45, 2.75) is 18.9 Å². The van der Waals surface area contributed by atoms with Crippen molar-refractivity contribution in [3.8, 4) is 5.75 Å². The Hall–Kier alpha value is -1.75. The summed E-state index contributed by atoms with van der Waals surface area (Å²) in [5.41, 5.74) is 6.72. The van der Waals surface area contributed by atoms with Gasteiger partial charge in [-0.05, 0) is 25.0 Å². The minimum Gasteiger partial charge on any atom is -0.496 e. The highest BCUT2D eigenvalue weighted by Gasteiger charge is 2.30. The van der Waals surface area contributed by atoms with Crippen molar-refractivity contribution < 1.29 is 14.6 Å². The van der Waals surface area contributed by atoms with E-state index in [4.69, 9.17) is 10.5 Å². The van der Waals surface area contributed by atoms with Crippen molar-refractivity contribution in [1.29, 1.82) is 0 Å². The summed E-state index contributed by atoms with van der Waals surface area (Å²) in [5.74, 6) is 0.368. The lowest BCUT2D eigenvalue weighted by Gasteiger charge is -2.24. The predicted molar refractivity (Wildman–Crippen MR) is 68.6 cm³/mol. The Bertz CT molecular complexity index is 448. The first kappa shape index (κ1) is 12.7. The molecule has 1 aromatic rings. The third kappa shape index (κ3) is 2.26. The lowest BCUT2D eigenvalue weighted by molar-refractivity contribution is 0.0674. The van der Waals surface area contributed by atoms with E-state index in [0.717, 1.165) is 12.8 Å². The van der Waals surface area contributed by atoms with Gasteiger partial charge in [0.2, 0.25) is 0 Å². The van der Waals surface area contributed by atoms with Gasteiger partial charge in [0, 0.05) is 18.3 Å². The third-order valence-corrected chi connectivity index (χ3v) is 3.30. The van der Waals surface area contributed by atoms with Crippen LogP contribution in [0, 0.1) is 0 Å². The zero-order valence-electron chi connectivity index (χ0n) is 10.4. The number of rotatable bonds is 3. The Kier molecular flexibility index (Phi) is 3.72. The topological polar surface area (TPSA) is 75.8 Å². The summed E-state index contributed by atoms with van der Waals surface area (Å²) in [6, 6.07) is 4.90. The molecule has 0 saturated carbocycles. The number of anilines is 1. The van der Waals surface area contributed by atoms with E-state index < -0.39 is 0 Å². The first-order chi connectivity index (χ1) is 8.67. The fourth-order valence-corrected chi connectivity index (χ4v) is 2.33. The highest BCUT2D eigenvalue weighted by atomic mass is 16.5. The van der Waals surface area contributed by atoms with Gasteiger partial charge in [-0.1, -0.05) is 0 Å². The molecule has 5 heteroatoms. The highest BCUT2D eigenvalue weighted by molar-refractivity contribution is 5.97. The number of methoxy groups -OCH3 is 1. The van der Waals surface area contributed by atoms with Crippen LogP contribution in [0.2, 0.25) is 0 Å². The van der Waals surface area contributed by atoms with Crippen LogP contribution in [0.3, 0.4) is 0 Å². The Morgan fingerprint density at radius 1 is 1.61 bits per heavy atom. The van der Waals surface area contributed by atoms with E-state index in [1.807, 2.05) is 0 Å². The Balaban J connectivity index is 2.28. The van der Waals surface area contributed by atoms with Gasteiger partial charge >= 0.3 is 0 Å². The van der Waals surface area contributed by atoms with Crippen LogP contribution in [-0.2, 0) is 0 Å². The fourth-order valence-electron chi connectivity index (χ4n) is 2.33. The molecule has 1 saturated heterocycles. The van der Waals surface area contributed by atoms with E-state index in [9.17, 15) is 9.90 Å². The molecule has 1 amide bonds. The zero-order valence-corrected chi connectivity index (χ0v) is 10.4. The molecule has 0 bridgehead atoms. The maximum atomic E-state index is 12.4. The van der Waals surface area contributed by atoms with Crippen LogP contribution < -0.4 is 10.5 Å². The molecule has 1 aromatic carbocycles. The molecule has 0 radical (unpaired) electrons. The van der Waals surface area contributed by atoms with Gasteiger partial charge in [0.1, 0.15) is 5.75 Å². The van der Waals surface area contributed by atoms with Crippen molar-refractivity contribution in [2.24, 2.45) is 0 Å². The fraction of sp³-hybridized carbons (Fsp3) is 0.462. The molecule has 98 valence electrons. The average molecular weight is 250 g/mol. The van der Waals surface area contributed by atoms with Crippen molar-refractivity contribution in [3.63, 3.8) is 0 Å².